The first-order chi connectivity index (χ1) is 29.1. The standard InChI is InChI=1S/C52H95NO7/c1-6-8-10-12-14-16-18-20-22-23-24-25-26-27-29-31-33-35-37-39-41-43-51(55)60-48(46-58-45-44-49(52(56)57)53(3,4)5)47-59-50(54)42-40-38-36-34-32-30-28-21-19-17-15-13-11-9-7-2/h9,11,13,15,17,19,48-49H,6-8,10,12,14,16,18,20-47H2,1-5H3/p+1/b11-9+,15-13+,19-17+. The first-order valence-electron chi connectivity index (χ1n) is 25.1. The highest BCUT2D eigenvalue weighted by Gasteiger charge is 2.31. The van der Waals surface area contributed by atoms with Crippen molar-refractivity contribution in [1.82, 2.24) is 0 Å². The molecule has 60 heavy (non-hydrogen) atoms. The molecule has 0 amide bonds. The van der Waals surface area contributed by atoms with Crippen molar-refractivity contribution in [1.29, 1.82) is 0 Å². The van der Waals surface area contributed by atoms with E-state index in [1.54, 1.807) is 0 Å². The molecule has 2 atom stereocenters. The number of esters is 2. The first-order valence-corrected chi connectivity index (χ1v) is 25.1. The Hall–Kier alpha value is -2.45. The van der Waals surface area contributed by atoms with Crippen LogP contribution in [0.25, 0.3) is 0 Å². The minimum atomic E-state index is -0.875. The van der Waals surface area contributed by atoms with Gasteiger partial charge in [0.2, 0.25) is 0 Å². The summed E-state index contributed by atoms with van der Waals surface area (Å²) in [5, 5.41) is 9.64. The number of unbranched alkanes of at least 4 members (excludes halogenated alkanes) is 27. The Balaban J connectivity index is 4.22. The lowest BCUT2D eigenvalue weighted by Crippen LogP contribution is -2.50. The molecule has 0 aliphatic rings. The molecular weight excluding hydrogens is 751 g/mol. The van der Waals surface area contributed by atoms with Crippen LogP contribution in [0.5, 0.6) is 0 Å². The van der Waals surface area contributed by atoms with Crippen LogP contribution < -0.4 is 0 Å². The third-order valence-electron chi connectivity index (χ3n) is 11.4. The first kappa shape index (κ1) is 57.5. The van der Waals surface area contributed by atoms with E-state index in [4.69, 9.17) is 14.2 Å². The molecule has 0 saturated heterocycles. The zero-order valence-corrected chi connectivity index (χ0v) is 39.9. The SMILES string of the molecule is CC/C=C/C=C/C=C/CCCCCCCCCC(=O)OCC(COCCC(C(=O)O)[N+](C)(C)C)OC(=O)CCCCCCCCCCCCCCCCCCCCCCC. The minimum Gasteiger partial charge on any atom is -0.477 e. The molecule has 0 radical (unpaired) electrons. The van der Waals surface area contributed by atoms with E-state index in [1.165, 1.54) is 141 Å². The van der Waals surface area contributed by atoms with Crippen molar-refractivity contribution in [2.45, 2.75) is 238 Å². The molecule has 1 N–H and O–H groups in total. The Morgan fingerprint density at radius 1 is 0.517 bits per heavy atom. The Morgan fingerprint density at radius 3 is 1.37 bits per heavy atom. The maximum absolute atomic E-state index is 12.8. The number of carbonyl (C=O) groups is 3. The summed E-state index contributed by atoms with van der Waals surface area (Å²) in [4.78, 5) is 37.1. The average Bonchev–Trinajstić information content (AvgIpc) is 3.21. The largest absolute Gasteiger partial charge is 0.477 e. The summed E-state index contributed by atoms with van der Waals surface area (Å²) >= 11 is 0. The van der Waals surface area contributed by atoms with Crippen LogP contribution in [0.3, 0.4) is 0 Å². The zero-order chi connectivity index (χ0) is 44.2. The summed E-state index contributed by atoms with van der Waals surface area (Å²) in [6.07, 6.45) is 50.5. The molecule has 2 unspecified atom stereocenters. The number of nitrogens with zero attached hydrogens (tertiary/aromatic N) is 1. The maximum Gasteiger partial charge on any atom is 0.362 e. The highest BCUT2D eigenvalue weighted by Crippen LogP contribution is 2.16. The Labute approximate surface area is 370 Å². The van der Waals surface area contributed by atoms with Crippen LogP contribution in [-0.4, -0.2) is 80.6 Å². The van der Waals surface area contributed by atoms with Gasteiger partial charge in [0.1, 0.15) is 6.61 Å². The van der Waals surface area contributed by atoms with Crippen LogP contribution in [-0.2, 0) is 28.6 Å². The van der Waals surface area contributed by atoms with E-state index >= 15 is 0 Å². The second kappa shape index (κ2) is 43.2. The molecule has 0 aliphatic carbocycles. The molecule has 350 valence electrons. The number of aliphatic carboxylic acids is 1. The van der Waals surface area contributed by atoms with E-state index in [0.29, 0.717) is 19.3 Å². The summed E-state index contributed by atoms with van der Waals surface area (Å²) in [6, 6.07) is -0.615. The minimum absolute atomic E-state index is 0.0543. The highest BCUT2D eigenvalue weighted by molar-refractivity contribution is 5.72. The maximum atomic E-state index is 12.8. The fourth-order valence-electron chi connectivity index (χ4n) is 7.51. The average molecular weight is 847 g/mol. The molecular formula is C52H96NO7+. The smallest absolute Gasteiger partial charge is 0.362 e. The van der Waals surface area contributed by atoms with Gasteiger partial charge in [-0.1, -0.05) is 211 Å². The van der Waals surface area contributed by atoms with Crippen LogP contribution in [0, 0.1) is 0 Å². The number of carboxylic acid groups (broad SMARTS) is 1. The van der Waals surface area contributed by atoms with Gasteiger partial charge in [-0.05, 0) is 32.1 Å². The number of carbonyl (C=O) groups excluding carboxylic acids is 2. The normalized spacial score (nSPS) is 13.2. The second-order valence-corrected chi connectivity index (χ2v) is 18.1. The Morgan fingerprint density at radius 2 is 0.933 bits per heavy atom. The van der Waals surface area contributed by atoms with E-state index in [-0.39, 0.29) is 36.2 Å². The molecule has 0 heterocycles. The fraction of sp³-hybridized carbons (Fsp3) is 0.827. The molecule has 0 bridgehead atoms. The van der Waals surface area contributed by atoms with E-state index in [2.05, 4.69) is 50.3 Å². The summed E-state index contributed by atoms with van der Waals surface area (Å²) in [5.41, 5.74) is 0. The lowest BCUT2D eigenvalue weighted by molar-refractivity contribution is -0.887. The molecule has 8 heteroatoms. The third kappa shape index (κ3) is 40.9. The van der Waals surface area contributed by atoms with Gasteiger partial charge in [0.15, 0.2) is 12.1 Å². The van der Waals surface area contributed by atoms with Gasteiger partial charge >= 0.3 is 17.9 Å². The molecule has 0 aliphatic heterocycles. The topological polar surface area (TPSA) is 99.1 Å². The van der Waals surface area contributed by atoms with E-state index in [0.717, 1.165) is 51.4 Å². The van der Waals surface area contributed by atoms with E-state index in [9.17, 15) is 19.5 Å². The predicted molar refractivity (Wildman–Crippen MR) is 252 cm³/mol. The van der Waals surface area contributed by atoms with Gasteiger partial charge in [0.05, 0.1) is 34.4 Å². The van der Waals surface area contributed by atoms with Gasteiger partial charge in [-0.25, -0.2) is 4.79 Å². The second-order valence-electron chi connectivity index (χ2n) is 18.1. The molecule has 0 aromatic heterocycles. The summed E-state index contributed by atoms with van der Waals surface area (Å²) in [6.45, 7) is 4.63. The molecule has 0 aromatic rings. The van der Waals surface area contributed by atoms with Gasteiger partial charge < -0.3 is 23.8 Å². The predicted octanol–water partition coefficient (Wildman–Crippen LogP) is 14.2. The van der Waals surface area contributed by atoms with Crippen molar-refractivity contribution in [3.8, 4) is 0 Å². The number of carboxylic acids is 1. The van der Waals surface area contributed by atoms with Gasteiger partial charge in [0, 0.05) is 19.3 Å². The third-order valence-corrected chi connectivity index (χ3v) is 11.4. The highest BCUT2D eigenvalue weighted by atomic mass is 16.6. The van der Waals surface area contributed by atoms with Gasteiger partial charge in [0.25, 0.3) is 0 Å². The van der Waals surface area contributed by atoms with E-state index in [1.807, 2.05) is 21.1 Å². The van der Waals surface area contributed by atoms with Crippen molar-refractivity contribution < 1.29 is 38.2 Å². The number of allylic oxidation sites excluding steroid dienone is 6. The molecule has 0 saturated carbocycles. The van der Waals surface area contributed by atoms with Gasteiger partial charge in [-0.15, -0.1) is 0 Å². The number of likely N-dealkylation sites (N-methyl/N-ethyl adjacent to an activating group) is 1. The molecule has 0 rings (SSSR count). The summed E-state index contributed by atoms with van der Waals surface area (Å²) < 4.78 is 17.3. The Bertz CT molecular complexity index is 1080. The number of quaternary nitrogens is 1. The van der Waals surface area contributed by atoms with Crippen molar-refractivity contribution >= 4 is 17.9 Å². The quantitative estimate of drug-likeness (QED) is 0.0282. The monoisotopic (exact) mass is 847 g/mol. The number of ether oxygens (including phenoxy) is 3. The summed E-state index contributed by atoms with van der Waals surface area (Å²) in [5.74, 6) is -1.47. The number of rotatable bonds is 45. The number of hydrogen-bond acceptors (Lipinski definition) is 6. The van der Waals surface area contributed by atoms with E-state index < -0.39 is 18.1 Å². The molecule has 0 fully saturated rings. The zero-order valence-electron chi connectivity index (χ0n) is 39.9. The summed E-state index contributed by atoms with van der Waals surface area (Å²) in [7, 11) is 5.53. The molecule has 0 aromatic carbocycles. The molecule has 8 nitrogen and oxygen atoms in total. The van der Waals surface area contributed by atoms with Crippen molar-refractivity contribution in [2.75, 3.05) is 41.0 Å². The van der Waals surface area contributed by atoms with Gasteiger partial charge in [-0.3, -0.25) is 9.59 Å². The van der Waals surface area contributed by atoms with Crippen LogP contribution in [0.1, 0.15) is 226 Å². The van der Waals surface area contributed by atoms with Crippen molar-refractivity contribution in [3.05, 3.63) is 36.5 Å². The van der Waals surface area contributed by atoms with Crippen LogP contribution >= 0.6 is 0 Å². The van der Waals surface area contributed by atoms with Crippen LogP contribution in [0.2, 0.25) is 0 Å². The van der Waals surface area contributed by atoms with Crippen LogP contribution in [0.15, 0.2) is 36.5 Å². The van der Waals surface area contributed by atoms with Crippen molar-refractivity contribution in [3.63, 3.8) is 0 Å². The fourth-order valence-corrected chi connectivity index (χ4v) is 7.51. The van der Waals surface area contributed by atoms with Crippen molar-refractivity contribution in [2.24, 2.45) is 0 Å². The Kier molecular flexibility index (Phi) is 41.4. The lowest BCUT2D eigenvalue weighted by Gasteiger charge is -2.31. The lowest BCUT2D eigenvalue weighted by atomic mass is 10.0. The number of hydrogen-bond donors (Lipinski definition) is 1. The molecule has 0 spiro atoms. The van der Waals surface area contributed by atoms with Gasteiger partial charge in [-0.2, -0.15) is 0 Å². The van der Waals surface area contributed by atoms with Crippen LogP contribution in [0.4, 0.5) is 0 Å².